The van der Waals surface area contributed by atoms with Crippen LogP contribution < -0.4 is 15.0 Å². The zero-order valence-corrected chi connectivity index (χ0v) is 18.3. The molecule has 1 aliphatic heterocycles. The quantitative estimate of drug-likeness (QED) is 0.678. The van der Waals surface area contributed by atoms with Gasteiger partial charge in [0, 0.05) is 31.1 Å². The van der Waals surface area contributed by atoms with Gasteiger partial charge in [-0.1, -0.05) is 12.1 Å². The molecule has 8 heteroatoms. The standard InChI is InChI=1S/C23H26N2O5S/c1-30-19-6-2-16(3-7-19)15-24-22(26)11-13-31(28,29)20-8-9-21-18(14-20)10-12-25(21)23(27)17-4-5-17/h2-3,6-9,14,17H,4-5,10-13,15H2,1H3,(H,24,26). The molecule has 1 aliphatic carbocycles. The minimum atomic E-state index is -3.59. The van der Waals surface area contributed by atoms with E-state index in [-0.39, 0.29) is 34.8 Å². The van der Waals surface area contributed by atoms with Crippen LogP contribution in [-0.4, -0.2) is 39.6 Å². The fourth-order valence-electron chi connectivity index (χ4n) is 3.73. The lowest BCUT2D eigenvalue weighted by Gasteiger charge is -2.17. The lowest BCUT2D eigenvalue weighted by Crippen LogP contribution is -2.30. The van der Waals surface area contributed by atoms with Gasteiger partial charge in [0.25, 0.3) is 0 Å². The number of carbonyl (C=O) groups excluding carboxylic acids is 2. The summed E-state index contributed by atoms with van der Waals surface area (Å²) in [4.78, 5) is 26.5. The van der Waals surface area contributed by atoms with Crippen LogP contribution in [0.2, 0.25) is 0 Å². The second-order valence-corrected chi connectivity index (χ2v) is 10.1. The fourth-order valence-corrected chi connectivity index (χ4v) is 5.02. The highest BCUT2D eigenvalue weighted by atomic mass is 32.2. The second kappa shape index (κ2) is 8.70. The summed E-state index contributed by atoms with van der Waals surface area (Å²) in [6, 6.07) is 12.2. The van der Waals surface area contributed by atoms with E-state index >= 15 is 0 Å². The van der Waals surface area contributed by atoms with Crippen molar-refractivity contribution in [2.24, 2.45) is 5.92 Å². The Hall–Kier alpha value is -2.87. The van der Waals surface area contributed by atoms with E-state index in [0.717, 1.165) is 35.4 Å². The average Bonchev–Trinajstić information content (AvgIpc) is 3.55. The van der Waals surface area contributed by atoms with E-state index in [9.17, 15) is 18.0 Å². The van der Waals surface area contributed by atoms with Crippen molar-refractivity contribution in [2.45, 2.75) is 37.1 Å². The SMILES string of the molecule is COc1ccc(CNC(=O)CCS(=O)(=O)c2ccc3c(c2)CCN3C(=O)C2CC2)cc1. The van der Waals surface area contributed by atoms with E-state index in [2.05, 4.69) is 5.32 Å². The van der Waals surface area contributed by atoms with Crippen LogP contribution in [0, 0.1) is 5.92 Å². The molecule has 0 unspecified atom stereocenters. The number of anilines is 1. The minimum absolute atomic E-state index is 0.109. The number of methoxy groups -OCH3 is 1. The van der Waals surface area contributed by atoms with Gasteiger partial charge >= 0.3 is 0 Å². The fraction of sp³-hybridized carbons (Fsp3) is 0.391. The van der Waals surface area contributed by atoms with Crippen LogP contribution in [0.4, 0.5) is 5.69 Å². The van der Waals surface area contributed by atoms with Crippen LogP contribution in [0.15, 0.2) is 47.4 Å². The molecular weight excluding hydrogens is 416 g/mol. The van der Waals surface area contributed by atoms with Gasteiger partial charge in [0.15, 0.2) is 9.84 Å². The third-order valence-electron chi connectivity index (χ3n) is 5.74. The molecule has 2 aliphatic rings. The average molecular weight is 443 g/mol. The van der Waals surface area contributed by atoms with Gasteiger partial charge in [-0.05, 0) is 60.7 Å². The predicted molar refractivity (Wildman–Crippen MR) is 117 cm³/mol. The van der Waals surface area contributed by atoms with E-state index in [0.29, 0.717) is 19.5 Å². The van der Waals surface area contributed by atoms with Crippen LogP contribution in [0.5, 0.6) is 5.75 Å². The molecule has 0 atom stereocenters. The first-order valence-corrected chi connectivity index (χ1v) is 12.1. The molecule has 1 fully saturated rings. The van der Waals surface area contributed by atoms with E-state index in [4.69, 9.17) is 4.74 Å². The Balaban J connectivity index is 1.33. The van der Waals surface area contributed by atoms with E-state index < -0.39 is 9.84 Å². The predicted octanol–water partition coefficient (Wildman–Crippen LogP) is 2.47. The summed E-state index contributed by atoms with van der Waals surface area (Å²) in [7, 11) is -2.01. The van der Waals surface area contributed by atoms with Gasteiger partial charge in [-0.15, -0.1) is 0 Å². The van der Waals surface area contributed by atoms with Gasteiger partial charge in [0.2, 0.25) is 11.8 Å². The number of sulfone groups is 1. The summed E-state index contributed by atoms with van der Waals surface area (Å²) in [6.45, 7) is 0.925. The third kappa shape index (κ3) is 4.90. The normalized spacial score (nSPS) is 15.5. The van der Waals surface area contributed by atoms with Crippen molar-refractivity contribution >= 4 is 27.3 Å². The molecule has 2 aromatic rings. The molecule has 7 nitrogen and oxygen atoms in total. The Morgan fingerprint density at radius 3 is 2.55 bits per heavy atom. The molecule has 0 spiro atoms. The summed E-state index contributed by atoms with van der Waals surface area (Å²) in [6.07, 6.45) is 2.43. The maximum Gasteiger partial charge on any atom is 0.230 e. The van der Waals surface area contributed by atoms with Gasteiger partial charge in [0.1, 0.15) is 5.75 Å². The van der Waals surface area contributed by atoms with Gasteiger partial charge in [-0.25, -0.2) is 8.42 Å². The topological polar surface area (TPSA) is 92.8 Å². The van der Waals surface area contributed by atoms with Crippen LogP contribution in [0.1, 0.15) is 30.4 Å². The first kappa shape index (κ1) is 21.4. The lowest BCUT2D eigenvalue weighted by atomic mass is 10.2. The molecule has 31 heavy (non-hydrogen) atoms. The number of nitrogens with zero attached hydrogens (tertiary/aromatic N) is 1. The summed E-state index contributed by atoms with van der Waals surface area (Å²) < 4.78 is 30.6. The van der Waals surface area contributed by atoms with E-state index in [1.807, 2.05) is 12.1 Å². The number of hydrogen-bond donors (Lipinski definition) is 1. The molecule has 164 valence electrons. The summed E-state index contributed by atoms with van der Waals surface area (Å²) >= 11 is 0. The molecule has 0 bridgehead atoms. The molecule has 0 aromatic heterocycles. The Labute approximate surface area is 182 Å². The third-order valence-corrected chi connectivity index (χ3v) is 7.46. The molecular formula is C23H26N2O5S. The van der Waals surface area contributed by atoms with Gasteiger partial charge < -0.3 is 15.0 Å². The molecule has 1 saturated carbocycles. The number of nitrogens with one attached hydrogen (secondary N) is 1. The highest BCUT2D eigenvalue weighted by molar-refractivity contribution is 7.91. The van der Waals surface area contributed by atoms with Crippen LogP contribution in [0.25, 0.3) is 0 Å². The molecule has 4 rings (SSSR count). The van der Waals surface area contributed by atoms with Crippen molar-refractivity contribution in [1.82, 2.24) is 5.32 Å². The maximum atomic E-state index is 12.7. The van der Waals surface area contributed by atoms with Crippen molar-refractivity contribution in [3.05, 3.63) is 53.6 Å². The number of rotatable bonds is 8. The molecule has 0 saturated heterocycles. The monoisotopic (exact) mass is 442 g/mol. The maximum absolute atomic E-state index is 12.7. The smallest absolute Gasteiger partial charge is 0.230 e. The zero-order chi connectivity index (χ0) is 22.0. The van der Waals surface area contributed by atoms with E-state index in [1.165, 1.54) is 0 Å². The molecule has 2 amide bonds. The molecule has 2 aromatic carbocycles. The first-order chi connectivity index (χ1) is 14.9. The zero-order valence-electron chi connectivity index (χ0n) is 17.5. The number of hydrogen-bond acceptors (Lipinski definition) is 5. The van der Waals surface area contributed by atoms with Crippen LogP contribution in [-0.2, 0) is 32.4 Å². The number of benzene rings is 2. The van der Waals surface area contributed by atoms with Gasteiger partial charge in [-0.3, -0.25) is 9.59 Å². The highest BCUT2D eigenvalue weighted by Crippen LogP contribution is 2.37. The number of ether oxygens (including phenoxy) is 1. The van der Waals surface area contributed by atoms with Crippen molar-refractivity contribution < 1.29 is 22.7 Å². The molecule has 1 N–H and O–H groups in total. The van der Waals surface area contributed by atoms with Gasteiger partial charge in [0.05, 0.1) is 17.8 Å². The number of amides is 2. The molecule has 1 heterocycles. The second-order valence-electron chi connectivity index (χ2n) is 8.00. The van der Waals surface area contributed by atoms with Crippen molar-refractivity contribution in [2.75, 3.05) is 24.3 Å². The Bertz CT molecular complexity index is 1090. The highest BCUT2D eigenvalue weighted by Gasteiger charge is 2.36. The van der Waals surface area contributed by atoms with Crippen molar-refractivity contribution in [3.63, 3.8) is 0 Å². The van der Waals surface area contributed by atoms with Crippen molar-refractivity contribution in [1.29, 1.82) is 0 Å². The summed E-state index contributed by atoms with van der Waals surface area (Å²) in [5.74, 6) is 0.427. The van der Waals surface area contributed by atoms with Crippen LogP contribution >= 0.6 is 0 Å². The largest absolute Gasteiger partial charge is 0.497 e. The Morgan fingerprint density at radius 1 is 1.13 bits per heavy atom. The molecule has 0 radical (unpaired) electrons. The van der Waals surface area contributed by atoms with Gasteiger partial charge in [-0.2, -0.15) is 0 Å². The van der Waals surface area contributed by atoms with E-state index in [1.54, 1.807) is 42.3 Å². The summed E-state index contributed by atoms with van der Waals surface area (Å²) in [5.41, 5.74) is 2.59. The minimum Gasteiger partial charge on any atom is -0.497 e. The number of fused-ring (bicyclic) bond motifs is 1. The number of carbonyl (C=O) groups is 2. The summed E-state index contributed by atoms with van der Waals surface area (Å²) in [5, 5.41) is 2.75. The Morgan fingerprint density at radius 2 is 1.87 bits per heavy atom. The van der Waals surface area contributed by atoms with Crippen molar-refractivity contribution in [3.8, 4) is 5.75 Å². The van der Waals surface area contributed by atoms with Crippen LogP contribution in [0.3, 0.4) is 0 Å². The first-order valence-electron chi connectivity index (χ1n) is 10.4. The lowest BCUT2D eigenvalue weighted by molar-refractivity contribution is -0.121. The Kier molecular flexibility index (Phi) is 6.00.